The summed E-state index contributed by atoms with van der Waals surface area (Å²) in [5, 5.41) is 3.09. The zero-order chi connectivity index (χ0) is 12.8. The lowest BCUT2D eigenvalue weighted by atomic mass is 10.3. The summed E-state index contributed by atoms with van der Waals surface area (Å²) in [6.07, 6.45) is 2.72. The Labute approximate surface area is 111 Å². The maximum Gasteiger partial charge on any atom is 0.213 e. The molecule has 0 radical (unpaired) electrons. The van der Waals surface area contributed by atoms with E-state index < -0.39 is 0 Å². The molecular weight excluding hydrogens is 246 g/mol. The number of pyridine rings is 1. The van der Waals surface area contributed by atoms with Crippen LogP contribution in [0.15, 0.2) is 23.8 Å². The lowest BCUT2D eigenvalue weighted by Gasteiger charge is -2.05. The smallest absolute Gasteiger partial charge is 0.213 e. The van der Waals surface area contributed by atoms with Crippen LogP contribution in [0.25, 0.3) is 0 Å². The molecule has 0 fully saturated rings. The number of hydrogen-bond donors (Lipinski definition) is 1. The van der Waals surface area contributed by atoms with E-state index in [1.165, 1.54) is 4.88 Å². The quantitative estimate of drug-likeness (QED) is 0.868. The first-order valence-corrected chi connectivity index (χ1v) is 6.79. The molecule has 2 heterocycles. The summed E-state index contributed by atoms with van der Waals surface area (Å²) in [5.74, 6) is 0.678. The molecule has 2 aromatic heterocycles. The van der Waals surface area contributed by atoms with Gasteiger partial charge in [0.05, 0.1) is 17.8 Å². The van der Waals surface area contributed by atoms with Gasteiger partial charge < -0.3 is 10.1 Å². The summed E-state index contributed by atoms with van der Waals surface area (Å²) in [7, 11) is 1.92. The Kier molecular flexibility index (Phi) is 4.66. The molecule has 4 nitrogen and oxygen atoms in total. The minimum Gasteiger partial charge on any atom is -0.477 e. The van der Waals surface area contributed by atoms with Crippen LogP contribution in [0.4, 0.5) is 0 Å². The average molecular weight is 263 g/mol. The third kappa shape index (κ3) is 3.51. The van der Waals surface area contributed by atoms with Crippen molar-refractivity contribution in [3.63, 3.8) is 0 Å². The SMILES string of the molecule is CNCc1ccc(OCCc2scnc2C)nc1. The van der Waals surface area contributed by atoms with Crippen LogP contribution in [-0.4, -0.2) is 23.6 Å². The third-order valence-electron chi connectivity index (χ3n) is 2.60. The highest BCUT2D eigenvalue weighted by atomic mass is 32.1. The molecule has 0 saturated heterocycles. The average Bonchev–Trinajstić information content (AvgIpc) is 2.78. The molecule has 0 aliphatic rings. The minimum atomic E-state index is 0.640. The lowest BCUT2D eigenvalue weighted by molar-refractivity contribution is 0.310. The van der Waals surface area contributed by atoms with Crippen molar-refractivity contribution in [3.05, 3.63) is 40.0 Å². The molecule has 2 aromatic rings. The molecule has 1 N–H and O–H groups in total. The second-order valence-corrected chi connectivity index (χ2v) is 4.93. The Morgan fingerprint density at radius 2 is 2.22 bits per heavy atom. The van der Waals surface area contributed by atoms with E-state index in [1.807, 2.05) is 37.8 Å². The van der Waals surface area contributed by atoms with Gasteiger partial charge in [0.2, 0.25) is 5.88 Å². The molecule has 5 heteroatoms. The van der Waals surface area contributed by atoms with Gasteiger partial charge in [-0.3, -0.25) is 0 Å². The number of aromatic nitrogens is 2. The standard InChI is InChI=1S/C13H17N3OS/c1-10-12(18-9-16-10)5-6-17-13-4-3-11(7-14-2)8-15-13/h3-4,8-9,14H,5-7H2,1-2H3. The molecule has 18 heavy (non-hydrogen) atoms. The highest BCUT2D eigenvalue weighted by Crippen LogP contribution is 2.14. The summed E-state index contributed by atoms with van der Waals surface area (Å²) in [5.41, 5.74) is 4.12. The Bertz CT molecular complexity index is 481. The summed E-state index contributed by atoms with van der Waals surface area (Å²) < 4.78 is 5.61. The van der Waals surface area contributed by atoms with Crippen molar-refractivity contribution in [3.8, 4) is 5.88 Å². The highest BCUT2D eigenvalue weighted by molar-refractivity contribution is 7.09. The third-order valence-corrected chi connectivity index (χ3v) is 3.60. The molecular formula is C13H17N3OS. The maximum atomic E-state index is 5.61. The predicted molar refractivity (Wildman–Crippen MR) is 73.1 cm³/mol. The number of thiazole rings is 1. The molecule has 0 aromatic carbocycles. The van der Waals surface area contributed by atoms with Gasteiger partial charge in [-0.25, -0.2) is 9.97 Å². The fraction of sp³-hybridized carbons (Fsp3) is 0.385. The van der Waals surface area contributed by atoms with Crippen LogP contribution in [-0.2, 0) is 13.0 Å². The summed E-state index contributed by atoms with van der Waals surface area (Å²) in [6.45, 7) is 3.49. The van der Waals surface area contributed by atoms with Crippen LogP contribution in [0.5, 0.6) is 5.88 Å². The molecule has 0 atom stereocenters. The fourth-order valence-corrected chi connectivity index (χ4v) is 2.38. The number of ether oxygens (including phenoxy) is 1. The first kappa shape index (κ1) is 13.0. The molecule has 96 valence electrons. The van der Waals surface area contributed by atoms with Gasteiger partial charge in [-0.1, -0.05) is 6.07 Å². The number of aryl methyl sites for hydroxylation is 1. The van der Waals surface area contributed by atoms with Gasteiger partial charge in [-0.05, 0) is 19.5 Å². The molecule has 2 rings (SSSR count). The maximum absolute atomic E-state index is 5.61. The van der Waals surface area contributed by atoms with E-state index >= 15 is 0 Å². The second kappa shape index (κ2) is 6.47. The molecule has 0 aliphatic carbocycles. The highest BCUT2D eigenvalue weighted by Gasteiger charge is 2.02. The minimum absolute atomic E-state index is 0.640. The fourth-order valence-electron chi connectivity index (χ4n) is 1.62. The van der Waals surface area contributed by atoms with Gasteiger partial charge in [0.1, 0.15) is 0 Å². The Morgan fingerprint density at radius 3 is 2.83 bits per heavy atom. The Balaban J connectivity index is 1.81. The Morgan fingerprint density at radius 1 is 1.33 bits per heavy atom. The van der Waals surface area contributed by atoms with E-state index in [1.54, 1.807) is 11.3 Å². The number of nitrogens with zero attached hydrogens (tertiary/aromatic N) is 2. The zero-order valence-electron chi connectivity index (χ0n) is 10.6. The van der Waals surface area contributed by atoms with E-state index in [4.69, 9.17) is 4.74 Å². The lowest BCUT2D eigenvalue weighted by Crippen LogP contribution is -2.06. The van der Waals surface area contributed by atoms with Gasteiger partial charge in [-0.2, -0.15) is 0 Å². The van der Waals surface area contributed by atoms with Crippen molar-refractivity contribution in [1.82, 2.24) is 15.3 Å². The zero-order valence-corrected chi connectivity index (χ0v) is 11.5. The number of hydrogen-bond acceptors (Lipinski definition) is 5. The summed E-state index contributed by atoms with van der Waals surface area (Å²) in [6, 6.07) is 3.93. The van der Waals surface area contributed by atoms with Gasteiger partial charge in [0.15, 0.2) is 0 Å². The Hall–Kier alpha value is -1.46. The molecule has 0 bridgehead atoms. The van der Waals surface area contributed by atoms with Crippen LogP contribution >= 0.6 is 11.3 Å². The molecule has 0 spiro atoms. The van der Waals surface area contributed by atoms with Crippen LogP contribution in [0.1, 0.15) is 16.1 Å². The van der Waals surface area contributed by atoms with Crippen LogP contribution in [0.2, 0.25) is 0 Å². The van der Waals surface area contributed by atoms with E-state index in [2.05, 4.69) is 15.3 Å². The summed E-state index contributed by atoms with van der Waals surface area (Å²) in [4.78, 5) is 9.76. The molecule has 0 aliphatic heterocycles. The van der Waals surface area contributed by atoms with E-state index in [0.717, 1.165) is 24.2 Å². The van der Waals surface area contributed by atoms with Crippen molar-refractivity contribution >= 4 is 11.3 Å². The predicted octanol–water partition coefficient (Wildman–Crippen LogP) is 2.19. The van der Waals surface area contributed by atoms with E-state index in [0.29, 0.717) is 12.5 Å². The second-order valence-electron chi connectivity index (χ2n) is 3.99. The molecule has 0 amide bonds. The first-order chi connectivity index (χ1) is 8.79. The largest absolute Gasteiger partial charge is 0.477 e. The molecule has 0 saturated carbocycles. The topological polar surface area (TPSA) is 47.0 Å². The van der Waals surface area contributed by atoms with Crippen molar-refractivity contribution in [2.24, 2.45) is 0 Å². The molecule has 0 unspecified atom stereocenters. The first-order valence-electron chi connectivity index (χ1n) is 5.91. The number of rotatable bonds is 6. The van der Waals surface area contributed by atoms with Gasteiger partial charge in [-0.15, -0.1) is 11.3 Å². The van der Waals surface area contributed by atoms with Crippen molar-refractivity contribution in [2.75, 3.05) is 13.7 Å². The van der Waals surface area contributed by atoms with Gasteiger partial charge >= 0.3 is 0 Å². The summed E-state index contributed by atoms with van der Waals surface area (Å²) >= 11 is 1.67. The van der Waals surface area contributed by atoms with Crippen LogP contribution < -0.4 is 10.1 Å². The van der Waals surface area contributed by atoms with E-state index in [9.17, 15) is 0 Å². The van der Waals surface area contributed by atoms with Crippen molar-refractivity contribution in [2.45, 2.75) is 19.9 Å². The van der Waals surface area contributed by atoms with Crippen LogP contribution in [0.3, 0.4) is 0 Å². The monoisotopic (exact) mass is 263 g/mol. The van der Waals surface area contributed by atoms with Crippen LogP contribution in [0, 0.1) is 6.92 Å². The van der Waals surface area contributed by atoms with Crippen molar-refractivity contribution < 1.29 is 4.74 Å². The van der Waals surface area contributed by atoms with Gasteiger partial charge in [0, 0.05) is 30.1 Å². The van der Waals surface area contributed by atoms with Crippen molar-refractivity contribution in [1.29, 1.82) is 0 Å². The van der Waals surface area contributed by atoms with Gasteiger partial charge in [0.25, 0.3) is 0 Å². The number of nitrogens with one attached hydrogen (secondary N) is 1. The van der Waals surface area contributed by atoms with E-state index in [-0.39, 0.29) is 0 Å². The normalized spacial score (nSPS) is 10.6.